The first-order valence-electron chi connectivity index (χ1n) is 12.9. The highest BCUT2D eigenvalue weighted by molar-refractivity contribution is 5.76. The van der Waals surface area contributed by atoms with Crippen molar-refractivity contribution in [1.82, 2.24) is 0 Å². The van der Waals surface area contributed by atoms with Crippen LogP contribution in [0.25, 0.3) is 0 Å². The molecule has 0 aromatic rings. The largest absolute Gasteiger partial charge is 0.390 e. The summed E-state index contributed by atoms with van der Waals surface area (Å²) in [6.45, 7) is 8.78. The molecule has 0 spiro atoms. The quantitative estimate of drug-likeness (QED) is 0.131. The first-order valence-corrected chi connectivity index (χ1v) is 12.9. The Morgan fingerprint density at radius 2 is 1.34 bits per heavy atom. The summed E-state index contributed by atoms with van der Waals surface area (Å²) in [5.74, 6) is 1.36. The van der Waals surface area contributed by atoms with Crippen molar-refractivity contribution in [2.24, 2.45) is 4.99 Å². The van der Waals surface area contributed by atoms with Gasteiger partial charge in [0.25, 0.3) is 0 Å². The predicted molar refractivity (Wildman–Crippen MR) is 129 cm³/mol. The summed E-state index contributed by atoms with van der Waals surface area (Å²) in [5, 5.41) is 9.39. The van der Waals surface area contributed by atoms with Crippen molar-refractivity contribution in [3.05, 3.63) is 12.2 Å². The van der Waals surface area contributed by atoms with Crippen LogP contribution in [0.4, 0.5) is 0 Å². The van der Waals surface area contributed by atoms with Crippen LogP contribution in [-0.4, -0.2) is 48.2 Å². The number of unbranched alkanes of at least 4 members (excludes halogenated alkanes) is 13. The van der Waals surface area contributed by atoms with Gasteiger partial charge < -0.3 is 5.11 Å². The zero-order chi connectivity index (χ0) is 21.0. The van der Waals surface area contributed by atoms with E-state index in [9.17, 15) is 5.11 Å². The topological polar surface area (TPSA) is 32.6 Å². The molecule has 1 aliphatic heterocycles. The van der Waals surface area contributed by atoms with E-state index in [0.717, 1.165) is 37.1 Å². The van der Waals surface area contributed by atoms with E-state index in [1.165, 1.54) is 102 Å². The average Bonchev–Trinajstić information content (AvgIpc) is 3.13. The Morgan fingerprint density at radius 3 is 1.90 bits per heavy atom. The third kappa shape index (κ3) is 11.9. The van der Waals surface area contributed by atoms with E-state index >= 15 is 0 Å². The third-order valence-electron chi connectivity index (χ3n) is 6.67. The van der Waals surface area contributed by atoms with Crippen LogP contribution >= 0.6 is 0 Å². The molecule has 1 rings (SSSR count). The van der Waals surface area contributed by atoms with Crippen LogP contribution in [0.5, 0.6) is 0 Å². The van der Waals surface area contributed by atoms with Crippen LogP contribution in [0.1, 0.15) is 117 Å². The molecule has 0 radical (unpaired) electrons. The number of aliphatic imine (C=N–C) groups is 1. The molecule has 0 fully saturated rings. The molecule has 3 nitrogen and oxygen atoms in total. The number of rotatable bonds is 20. The van der Waals surface area contributed by atoms with Crippen LogP contribution in [0, 0.1) is 0 Å². The number of aliphatic hydroxyl groups is 1. The van der Waals surface area contributed by atoms with Crippen molar-refractivity contribution in [3.63, 3.8) is 0 Å². The molecule has 170 valence electrons. The van der Waals surface area contributed by atoms with E-state index in [0.29, 0.717) is 0 Å². The van der Waals surface area contributed by atoms with Crippen molar-refractivity contribution in [3.8, 4) is 0 Å². The lowest BCUT2D eigenvalue weighted by molar-refractivity contribution is -0.835. The molecule has 1 heterocycles. The number of aliphatic hydroxyl groups excluding tert-OH is 1. The van der Waals surface area contributed by atoms with Crippen LogP contribution in [0.2, 0.25) is 0 Å². The molecule has 1 unspecified atom stereocenters. The molecule has 0 aliphatic carbocycles. The number of hydrogen-bond acceptors (Lipinski definition) is 2. The fraction of sp³-hybridized carbons (Fsp3) is 0.885. The molecule has 1 N–H and O–H groups in total. The van der Waals surface area contributed by atoms with Gasteiger partial charge in [0, 0.05) is 6.42 Å². The highest BCUT2D eigenvalue weighted by atomic mass is 16.3. The van der Waals surface area contributed by atoms with Crippen molar-refractivity contribution in [2.75, 3.05) is 32.8 Å². The highest BCUT2D eigenvalue weighted by Gasteiger charge is 2.35. The van der Waals surface area contributed by atoms with Gasteiger partial charge in [-0.15, -0.1) is 0 Å². The second kappa shape index (κ2) is 18.1. The molecule has 0 aromatic heterocycles. The van der Waals surface area contributed by atoms with Crippen molar-refractivity contribution in [1.29, 1.82) is 0 Å². The Balaban J connectivity index is 1.87. The molecule has 1 aliphatic rings. The lowest BCUT2D eigenvalue weighted by Gasteiger charge is -2.33. The number of quaternary nitrogens is 1. The number of likely N-dealkylation sites (N-methyl/N-ethyl adjacent to an activating group) is 1. The number of allylic oxidation sites excluding steroid dienone is 2. The molecular formula is C26H51N2O+. The van der Waals surface area contributed by atoms with Gasteiger partial charge in [0.05, 0.1) is 19.7 Å². The molecular weight excluding hydrogens is 356 g/mol. The molecule has 3 heteroatoms. The predicted octanol–water partition coefficient (Wildman–Crippen LogP) is 7.05. The summed E-state index contributed by atoms with van der Waals surface area (Å²) in [4.78, 5) is 4.76. The van der Waals surface area contributed by atoms with Gasteiger partial charge in [-0.05, 0) is 39.0 Å². The number of hydrogen-bond donors (Lipinski definition) is 1. The maximum absolute atomic E-state index is 9.39. The Bertz CT molecular complexity index is 432. The standard InChI is InChI=1S/C26H51N2O/c1-3-5-6-7-8-9-10-11-12-13-14-15-16-17-18-19-20-21-26-27-22-23-28(26,4-2)24-25-29/h9-10,29H,3-8,11-25H2,1-2H3/q+1/b10-9+. The summed E-state index contributed by atoms with van der Waals surface area (Å²) in [7, 11) is 0. The molecule has 0 saturated carbocycles. The van der Waals surface area contributed by atoms with Gasteiger partial charge in [-0.2, -0.15) is 0 Å². The molecule has 0 saturated heterocycles. The zero-order valence-corrected chi connectivity index (χ0v) is 19.8. The second-order valence-corrected chi connectivity index (χ2v) is 8.97. The zero-order valence-electron chi connectivity index (χ0n) is 19.8. The van der Waals surface area contributed by atoms with Crippen molar-refractivity contribution < 1.29 is 9.59 Å². The van der Waals surface area contributed by atoms with Gasteiger partial charge in [0.1, 0.15) is 13.1 Å². The van der Waals surface area contributed by atoms with Gasteiger partial charge in [-0.3, -0.25) is 4.48 Å². The van der Waals surface area contributed by atoms with Gasteiger partial charge in [0.15, 0.2) is 5.84 Å². The first-order chi connectivity index (χ1) is 14.3. The van der Waals surface area contributed by atoms with Gasteiger partial charge >= 0.3 is 0 Å². The molecule has 29 heavy (non-hydrogen) atoms. The average molecular weight is 408 g/mol. The monoisotopic (exact) mass is 407 g/mol. The minimum Gasteiger partial charge on any atom is -0.390 e. The maximum atomic E-state index is 9.39. The molecule has 0 aromatic carbocycles. The molecule has 0 bridgehead atoms. The fourth-order valence-electron chi connectivity index (χ4n) is 4.60. The Morgan fingerprint density at radius 1 is 0.793 bits per heavy atom. The van der Waals surface area contributed by atoms with Gasteiger partial charge in [0.2, 0.25) is 0 Å². The Hall–Kier alpha value is -0.670. The Kier molecular flexibility index (Phi) is 16.5. The summed E-state index contributed by atoms with van der Waals surface area (Å²) in [6, 6.07) is 0. The minimum atomic E-state index is 0.280. The van der Waals surface area contributed by atoms with Gasteiger partial charge in [-0.1, -0.05) is 83.3 Å². The van der Waals surface area contributed by atoms with E-state index in [4.69, 9.17) is 4.99 Å². The first kappa shape index (κ1) is 26.4. The van der Waals surface area contributed by atoms with Gasteiger partial charge in [-0.25, -0.2) is 4.99 Å². The van der Waals surface area contributed by atoms with E-state index in [1.807, 2.05) is 0 Å². The fourth-order valence-corrected chi connectivity index (χ4v) is 4.60. The van der Waals surface area contributed by atoms with E-state index in [-0.39, 0.29) is 6.61 Å². The van der Waals surface area contributed by atoms with E-state index in [2.05, 4.69) is 26.0 Å². The van der Waals surface area contributed by atoms with Crippen LogP contribution in [0.15, 0.2) is 17.1 Å². The SMILES string of the molecule is CCCCCC/C=C/CCCCCCCCCCCC1=NCC[N+]1(CC)CCO. The second-order valence-electron chi connectivity index (χ2n) is 8.97. The maximum Gasteiger partial charge on any atom is 0.198 e. The normalized spacial score (nSPS) is 19.3. The van der Waals surface area contributed by atoms with Crippen LogP contribution in [0.3, 0.4) is 0 Å². The molecule has 0 amide bonds. The smallest absolute Gasteiger partial charge is 0.198 e. The van der Waals surface area contributed by atoms with Crippen LogP contribution < -0.4 is 0 Å². The van der Waals surface area contributed by atoms with Crippen LogP contribution in [-0.2, 0) is 0 Å². The number of nitrogens with zero attached hydrogens (tertiary/aromatic N) is 2. The summed E-state index contributed by atoms with van der Waals surface area (Å²) < 4.78 is 0.949. The van der Waals surface area contributed by atoms with Crippen molar-refractivity contribution >= 4 is 5.84 Å². The van der Waals surface area contributed by atoms with E-state index < -0.39 is 0 Å². The summed E-state index contributed by atoms with van der Waals surface area (Å²) in [6.07, 6.45) is 26.4. The highest BCUT2D eigenvalue weighted by Crippen LogP contribution is 2.20. The lowest BCUT2D eigenvalue weighted by Crippen LogP contribution is -2.52. The Labute approximate surface area is 182 Å². The summed E-state index contributed by atoms with van der Waals surface area (Å²) in [5.41, 5.74) is 0. The third-order valence-corrected chi connectivity index (χ3v) is 6.67. The molecule has 1 atom stereocenters. The minimum absolute atomic E-state index is 0.280. The summed E-state index contributed by atoms with van der Waals surface area (Å²) >= 11 is 0. The van der Waals surface area contributed by atoms with Crippen molar-refractivity contribution in [2.45, 2.75) is 117 Å². The van der Waals surface area contributed by atoms with E-state index in [1.54, 1.807) is 0 Å². The number of amidine groups is 1. The lowest BCUT2D eigenvalue weighted by atomic mass is 10.0.